The summed E-state index contributed by atoms with van der Waals surface area (Å²) in [5, 5.41) is 14.3. The van der Waals surface area contributed by atoms with E-state index in [9.17, 15) is 14.4 Å². The van der Waals surface area contributed by atoms with Crippen LogP contribution in [0.4, 0.5) is 4.79 Å². The van der Waals surface area contributed by atoms with E-state index in [1.165, 1.54) is 6.92 Å². The summed E-state index contributed by atoms with van der Waals surface area (Å²) in [6, 6.07) is 14.9. The summed E-state index contributed by atoms with van der Waals surface area (Å²) in [5.74, 6) is -1.93. The lowest BCUT2D eigenvalue weighted by atomic mass is 9.98. The van der Waals surface area contributed by atoms with Crippen LogP contribution in [-0.4, -0.2) is 41.8 Å². The van der Waals surface area contributed by atoms with Crippen LogP contribution in [0, 0.1) is 5.92 Å². The Balaban J connectivity index is 1.37. The number of hydrogen-bond donors (Lipinski definition) is 3. The molecule has 0 bridgehead atoms. The number of hydrogen-bond acceptors (Lipinski definition) is 4. The number of carbonyl (C=O) groups excluding carboxylic acids is 2. The van der Waals surface area contributed by atoms with Crippen LogP contribution in [0.2, 0.25) is 0 Å². The van der Waals surface area contributed by atoms with Crippen LogP contribution in [0.3, 0.4) is 0 Å². The molecule has 0 heterocycles. The van der Waals surface area contributed by atoms with Gasteiger partial charge in [0, 0.05) is 12.0 Å². The first kappa shape index (κ1) is 20.9. The van der Waals surface area contributed by atoms with E-state index in [0.717, 1.165) is 28.7 Å². The molecule has 31 heavy (non-hydrogen) atoms. The van der Waals surface area contributed by atoms with Gasteiger partial charge >= 0.3 is 12.1 Å². The van der Waals surface area contributed by atoms with Crippen LogP contribution < -0.4 is 10.6 Å². The van der Waals surface area contributed by atoms with Crippen molar-refractivity contribution in [3.63, 3.8) is 0 Å². The van der Waals surface area contributed by atoms with Gasteiger partial charge in [-0.3, -0.25) is 9.59 Å². The molecule has 3 atom stereocenters. The molecule has 2 amide bonds. The highest BCUT2D eigenvalue weighted by Gasteiger charge is 2.36. The fraction of sp³-hybridized carbons (Fsp3) is 0.375. The van der Waals surface area contributed by atoms with Crippen molar-refractivity contribution in [1.29, 1.82) is 0 Å². The van der Waals surface area contributed by atoms with Gasteiger partial charge in [0.25, 0.3) is 0 Å². The highest BCUT2D eigenvalue weighted by atomic mass is 16.5. The van der Waals surface area contributed by atoms with E-state index in [0.29, 0.717) is 12.8 Å². The van der Waals surface area contributed by atoms with Gasteiger partial charge < -0.3 is 20.5 Å². The zero-order chi connectivity index (χ0) is 22.0. The average molecular weight is 422 g/mol. The van der Waals surface area contributed by atoms with Crippen LogP contribution in [0.25, 0.3) is 11.1 Å². The van der Waals surface area contributed by atoms with Gasteiger partial charge in [0.1, 0.15) is 12.6 Å². The number of carboxylic acid groups (broad SMARTS) is 1. The molecule has 0 aliphatic heterocycles. The standard InChI is InChI=1S/C24H26N2O5/c1-14(23(28)29)25-22(27)19-11-6-12-21(19)26-24(30)31-13-20-17-9-4-2-7-15(17)16-8-3-5-10-18(16)20/h2-5,7-10,14,19-21H,6,11-13H2,1H3,(H,25,27)(H,26,30)(H,28,29)/t14-,19?,21?/m1/s1. The number of ether oxygens (including phenoxy) is 1. The number of fused-ring (bicyclic) bond motifs is 3. The third-order valence-electron chi connectivity index (χ3n) is 6.23. The molecule has 1 saturated carbocycles. The zero-order valence-corrected chi connectivity index (χ0v) is 17.3. The molecule has 2 aliphatic carbocycles. The Morgan fingerprint density at radius 3 is 2.26 bits per heavy atom. The largest absolute Gasteiger partial charge is 0.480 e. The van der Waals surface area contributed by atoms with E-state index in [1.54, 1.807) is 0 Å². The molecule has 7 heteroatoms. The fourth-order valence-corrected chi connectivity index (χ4v) is 4.62. The minimum absolute atomic E-state index is 0.0303. The average Bonchev–Trinajstić information content (AvgIpc) is 3.34. The summed E-state index contributed by atoms with van der Waals surface area (Å²) in [6.45, 7) is 1.63. The molecule has 0 radical (unpaired) electrons. The number of carbonyl (C=O) groups is 3. The van der Waals surface area contributed by atoms with Crippen LogP contribution in [-0.2, 0) is 14.3 Å². The third-order valence-corrected chi connectivity index (χ3v) is 6.23. The molecule has 2 unspecified atom stereocenters. The minimum Gasteiger partial charge on any atom is -0.480 e. The van der Waals surface area contributed by atoms with Crippen molar-refractivity contribution in [3.8, 4) is 11.1 Å². The van der Waals surface area contributed by atoms with Gasteiger partial charge in [0.05, 0.1) is 5.92 Å². The Bertz CT molecular complexity index is 959. The van der Waals surface area contributed by atoms with Crippen LogP contribution in [0.5, 0.6) is 0 Å². The monoisotopic (exact) mass is 422 g/mol. The molecule has 1 fully saturated rings. The summed E-state index contributed by atoms with van der Waals surface area (Å²) in [6.07, 6.45) is 1.49. The molecule has 2 aromatic carbocycles. The number of alkyl carbamates (subject to hydrolysis) is 1. The number of carboxylic acids is 1. The van der Waals surface area contributed by atoms with E-state index in [4.69, 9.17) is 9.84 Å². The quantitative estimate of drug-likeness (QED) is 0.663. The predicted octanol–water partition coefficient (Wildman–Crippen LogP) is 3.28. The lowest BCUT2D eigenvalue weighted by Crippen LogP contribution is -2.48. The maximum Gasteiger partial charge on any atom is 0.407 e. The Morgan fingerprint density at radius 2 is 1.65 bits per heavy atom. The van der Waals surface area contributed by atoms with Gasteiger partial charge in [-0.2, -0.15) is 0 Å². The first-order chi connectivity index (χ1) is 15.0. The fourth-order valence-electron chi connectivity index (χ4n) is 4.62. The summed E-state index contributed by atoms with van der Waals surface area (Å²) >= 11 is 0. The highest BCUT2D eigenvalue weighted by molar-refractivity contribution is 5.86. The molecular weight excluding hydrogens is 396 g/mol. The SMILES string of the molecule is C[C@@H](NC(=O)C1CCCC1NC(=O)OCC1c2ccccc2-c2ccccc21)C(=O)O. The van der Waals surface area contributed by atoms with Gasteiger partial charge in [-0.05, 0) is 42.0 Å². The Labute approximate surface area is 180 Å². The Morgan fingerprint density at radius 1 is 1.03 bits per heavy atom. The number of amides is 2. The second kappa shape index (κ2) is 8.79. The van der Waals surface area contributed by atoms with E-state index in [1.807, 2.05) is 24.3 Å². The second-order valence-corrected chi connectivity index (χ2v) is 8.18. The molecule has 0 spiro atoms. The van der Waals surface area contributed by atoms with E-state index < -0.39 is 24.0 Å². The summed E-state index contributed by atoms with van der Waals surface area (Å²) in [5.41, 5.74) is 4.59. The molecule has 162 valence electrons. The van der Waals surface area contributed by atoms with Gasteiger partial charge in [-0.15, -0.1) is 0 Å². The van der Waals surface area contributed by atoms with Crippen molar-refractivity contribution in [2.24, 2.45) is 5.92 Å². The smallest absolute Gasteiger partial charge is 0.407 e. The van der Waals surface area contributed by atoms with Gasteiger partial charge in [-0.1, -0.05) is 55.0 Å². The van der Waals surface area contributed by atoms with Crippen LogP contribution in [0.1, 0.15) is 43.2 Å². The zero-order valence-electron chi connectivity index (χ0n) is 17.3. The molecule has 2 aliphatic rings. The summed E-state index contributed by atoms with van der Waals surface area (Å²) in [4.78, 5) is 35.9. The lowest BCUT2D eigenvalue weighted by molar-refractivity contribution is -0.142. The Kier molecular flexibility index (Phi) is 5.93. The van der Waals surface area contributed by atoms with E-state index >= 15 is 0 Å². The predicted molar refractivity (Wildman–Crippen MR) is 115 cm³/mol. The maximum atomic E-state index is 12.5. The van der Waals surface area contributed by atoms with Crippen molar-refractivity contribution in [2.75, 3.05) is 6.61 Å². The van der Waals surface area contributed by atoms with E-state index in [-0.39, 0.29) is 24.5 Å². The summed E-state index contributed by atoms with van der Waals surface area (Å²) < 4.78 is 5.57. The molecular formula is C24H26N2O5. The Hall–Kier alpha value is -3.35. The van der Waals surface area contributed by atoms with Crippen molar-refractivity contribution in [2.45, 2.75) is 44.2 Å². The normalized spacial score (nSPS) is 20.4. The first-order valence-electron chi connectivity index (χ1n) is 10.6. The number of nitrogens with one attached hydrogen (secondary N) is 2. The van der Waals surface area contributed by atoms with Crippen molar-refractivity contribution < 1.29 is 24.2 Å². The van der Waals surface area contributed by atoms with E-state index in [2.05, 4.69) is 34.9 Å². The van der Waals surface area contributed by atoms with Gasteiger partial charge in [0.2, 0.25) is 5.91 Å². The molecule has 7 nitrogen and oxygen atoms in total. The number of benzene rings is 2. The molecule has 0 aromatic heterocycles. The second-order valence-electron chi connectivity index (χ2n) is 8.18. The molecule has 0 saturated heterocycles. The van der Waals surface area contributed by atoms with Crippen LogP contribution >= 0.6 is 0 Å². The number of aliphatic carboxylic acids is 1. The van der Waals surface area contributed by atoms with Crippen LogP contribution in [0.15, 0.2) is 48.5 Å². The topological polar surface area (TPSA) is 105 Å². The minimum atomic E-state index is -1.09. The molecule has 2 aromatic rings. The molecule has 4 rings (SSSR count). The summed E-state index contributed by atoms with van der Waals surface area (Å²) in [7, 11) is 0. The lowest BCUT2D eigenvalue weighted by Gasteiger charge is -2.22. The van der Waals surface area contributed by atoms with Crippen molar-refractivity contribution >= 4 is 18.0 Å². The van der Waals surface area contributed by atoms with Crippen molar-refractivity contribution in [3.05, 3.63) is 59.7 Å². The maximum absolute atomic E-state index is 12.5. The third kappa shape index (κ3) is 4.26. The van der Waals surface area contributed by atoms with Gasteiger partial charge in [0.15, 0.2) is 0 Å². The molecule has 3 N–H and O–H groups in total. The first-order valence-corrected chi connectivity index (χ1v) is 10.6. The number of rotatable bonds is 6. The highest BCUT2D eigenvalue weighted by Crippen LogP contribution is 2.44. The van der Waals surface area contributed by atoms with Crippen molar-refractivity contribution in [1.82, 2.24) is 10.6 Å². The van der Waals surface area contributed by atoms with Gasteiger partial charge in [-0.25, -0.2) is 4.79 Å².